The number of alkyl carbamates (subject to hydrolysis) is 1. The molecule has 1 aliphatic heterocycles. The molecule has 0 spiro atoms. The van der Waals surface area contributed by atoms with Gasteiger partial charge in [-0.3, -0.25) is 4.79 Å². The van der Waals surface area contributed by atoms with E-state index in [-0.39, 0.29) is 25.0 Å². The van der Waals surface area contributed by atoms with Crippen LogP contribution in [0, 0.1) is 5.92 Å². The summed E-state index contributed by atoms with van der Waals surface area (Å²) in [7, 11) is 0. The quantitative estimate of drug-likeness (QED) is 0.644. The first-order valence-corrected chi connectivity index (χ1v) is 9.71. The third-order valence-electron chi connectivity index (χ3n) is 4.62. The molecule has 0 aliphatic carbocycles. The summed E-state index contributed by atoms with van der Waals surface area (Å²) in [6, 6.07) is 8.21. The maximum atomic E-state index is 13.0. The van der Waals surface area contributed by atoms with Crippen molar-refractivity contribution in [2.75, 3.05) is 13.1 Å². The molecule has 7 nitrogen and oxygen atoms in total. The molecule has 0 saturated carbocycles. The molecule has 154 valence electrons. The average Bonchev–Trinajstić information content (AvgIpc) is 2.66. The van der Waals surface area contributed by atoms with Crippen LogP contribution in [0.2, 0.25) is 0 Å². The first-order valence-electron chi connectivity index (χ1n) is 9.71. The third kappa shape index (κ3) is 6.98. The van der Waals surface area contributed by atoms with E-state index in [0.29, 0.717) is 19.4 Å². The van der Waals surface area contributed by atoms with Gasteiger partial charge >= 0.3 is 6.09 Å². The fourth-order valence-corrected chi connectivity index (χ4v) is 3.05. The van der Waals surface area contributed by atoms with E-state index < -0.39 is 24.3 Å². The molecule has 0 aromatic heterocycles. The number of nitrogens with one attached hydrogen (secondary N) is 1. The van der Waals surface area contributed by atoms with Gasteiger partial charge in [0.25, 0.3) is 0 Å². The zero-order valence-corrected chi connectivity index (χ0v) is 16.6. The number of benzene rings is 1. The van der Waals surface area contributed by atoms with Crippen molar-refractivity contribution < 1.29 is 19.4 Å². The molecule has 1 aliphatic rings. The zero-order valence-electron chi connectivity index (χ0n) is 16.6. The molecule has 0 fully saturated rings. The van der Waals surface area contributed by atoms with Crippen LogP contribution in [0.25, 0.3) is 0 Å². The normalized spacial score (nSPS) is 22.1. The van der Waals surface area contributed by atoms with Gasteiger partial charge in [0.05, 0.1) is 6.10 Å². The van der Waals surface area contributed by atoms with Gasteiger partial charge in [-0.25, -0.2) is 4.79 Å². The molecule has 0 bridgehead atoms. The fraction of sp³-hybridized carbons (Fsp3) is 0.524. The van der Waals surface area contributed by atoms with Crippen molar-refractivity contribution in [2.24, 2.45) is 11.7 Å². The Labute approximate surface area is 166 Å². The van der Waals surface area contributed by atoms with Crippen LogP contribution in [0.4, 0.5) is 4.79 Å². The van der Waals surface area contributed by atoms with Gasteiger partial charge in [-0.1, -0.05) is 56.3 Å². The Hall–Kier alpha value is -2.38. The standard InChI is InChI=1S/C21H31N3O4/c1-15(2)12-18(23-21(27)28-14-16-8-4-3-5-9-16)20(26)24-11-7-6-10-17(22)19(25)13-24/h3-9,15,17-19,25H,10-14,22H2,1-2H3,(H,23,27)/b7-6-/t17?,18-,19?/m0/s1. The van der Waals surface area contributed by atoms with E-state index in [2.05, 4.69) is 5.32 Å². The highest BCUT2D eigenvalue weighted by atomic mass is 16.5. The molecule has 28 heavy (non-hydrogen) atoms. The lowest BCUT2D eigenvalue weighted by Crippen LogP contribution is -2.53. The summed E-state index contributed by atoms with van der Waals surface area (Å²) in [4.78, 5) is 26.8. The Morgan fingerprint density at radius 2 is 2.00 bits per heavy atom. The number of aliphatic hydroxyl groups excluding tert-OH is 1. The number of β-amino-alcohol motifs (C(OH)–C–C–N with tert-alkyl or cyclic N) is 1. The number of hydrogen-bond donors (Lipinski definition) is 3. The van der Waals surface area contributed by atoms with Gasteiger partial charge in [0.1, 0.15) is 12.6 Å². The minimum atomic E-state index is -0.807. The van der Waals surface area contributed by atoms with Gasteiger partial charge in [0, 0.05) is 19.1 Å². The van der Waals surface area contributed by atoms with Crippen molar-refractivity contribution in [3.05, 3.63) is 48.0 Å². The summed E-state index contributed by atoms with van der Waals surface area (Å²) < 4.78 is 5.26. The molecular formula is C21H31N3O4. The van der Waals surface area contributed by atoms with Crippen LogP contribution >= 0.6 is 0 Å². The van der Waals surface area contributed by atoms with Crippen molar-refractivity contribution >= 4 is 12.0 Å². The zero-order chi connectivity index (χ0) is 20.5. The third-order valence-corrected chi connectivity index (χ3v) is 4.62. The summed E-state index contributed by atoms with van der Waals surface area (Å²) in [5, 5.41) is 12.9. The number of carbonyl (C=O) groups excluding carboxylic acids is 2. The highest BCUT2D eigenvalue weighted by Crippen LogP contribution is 2.12. The van der Waals surface area contributed by atoms with Gasteiger partial charge in [-0.05, 0) is 24.3 Å². The lowest BCUT2D eigenvalue weighted by Gasteiger charge is -2.32. The van der Waals surface area contributed by atoms with Gasteiger partial charge in [0.2, 0.25) is 5.91 Å². The van der Waals surface area contributed by atoms with Crippen molar-refractivity contribution in [1.82, 2.24) is 10.2 Å². The molecule has 4 N–H and O–H groups in total. The number of aliphatic hydroxyl groups is 1. The van der Waals surface area contributed by atoms with E-state index >= 15 is 0 Å². The van der Waals surface area contributed by atoms with E-state index in [1.165, 1.54) is 4.90 Å². The van der Waals surface area contributed by atoms with Gasteiger partial charge in [0.15, 0.2) is 0 Å². The lowest BCUT2D eigenvalue weighted by molar-refractivity contribution is -0.134. The van der Waals surface area contributed by atoms with Crippen molar-refractivity contribution in [2.45, 2.75) is 51.5 Å². The number of ether oxygens (including phenoxy) is 1. The maximum absolute atomic E-state index is 13.0. The maximum Gasteiger partial charge on any atom is 0.408 e. The molecule has 1 aromatic rings. The number of rotatable bonds is 6. The summed E-state index contributed by atoms with van der Waals surface area (Å²) in [6.07, 6.45) is 3.33. The number of amides is 2. The summed E-state index contributed by atoms with van der Waals surface area (Å²) in [5.74, 6) is -0.0518. The highest BCUT2D eigenvalue weighted by Gasteiger charge is 2.29. The van der Waals surface area contributed by atoms with Gasteiger partial charge in [-0.2, -0.15) is 0 Å². The number of nitrogens with two attached hydrogens (primary N) is 1. The molecule has 1 aromatic carbocycles. The lowest BCUT2D eigenvalue weighted by atomic mass is 10.0. The summed E-state index contributed by atoms with van der Waals surface area (Å²) >= 11 is 0. The first-order chi connectivity index (χ1) is 13.4. The van der Waals surface area contributed by atoms with Gasteiger partial charge < -0.3 is 25.8 Å². The van der Waals surface area contributed by atoms with Crippen molar-refractivity contribution in [3.63, 3.8) is 0 Å². The number of hydrogen-bond acceptors (Lipinski definition) is 5. The van der Waals surface area contributed by atoms with Gasteiger partial charge in [-0.15, -0.1) is 0 Å². The molecule has 7 heteroatoms. The van der Waals surface area contributed by atoms with Crippen molar-refractivity contribution in [3.8, 4) is 0 Å². The van der Waals surface area contributed by atoms with E-state index in [4.69, 9.17) is 10.5 Å². The SMILES string of the molecule is CC(C)C[C@H](NC(=O)OCc1ccccc1)C(=O)N1C/C=C\CC(N)C(O)C1. The monoisotopic (exact) mass is 389 g/mol. The minimum Gasteiger partial charge on any atom is -0.445 e. The summed E-state index contributed by atoms with van der Waals surface area (Å²) in [5.41, 5.74) is 6.78. The molecule has 2 unspecified atom stereocenters. The Kier molecular flexibility index (Phi) is 8.47. The number of nitrogens with zero attached hydrogens (tertiary/aromatic N) is 1. The molecule has 1 heterocycles. The Balaban J connectivity index is 2.00. The van der Waals surface area contributed by atoms with E-state index in [1.807, 2.05) is 56.3 Å². The Morgan fingerprint density at radius 3 is 2.68 bits per heavy atom. The topological polar surface area (TPSA) is 105 Å². The highest BCUT2D eigenvalue weighted by molar-refractivity contribution is 5.85. The predicted octanol–water partition coefficient (Wildman–Crippen LogP) is 1.80. The summed E-state index contributed by atoms with van der Waals surface area (Å²) in [6.45, 7) is 4.61. The number of carbonyl (C=O) groups is 2. The Bertz CT molecular complexity index is 663. The second kappa shape index (κ2) is 10.8. The molecular weight excluding hydrogens is 358 g/mol. The fourth-order valence-electron chi connectivity index (χ4n) is 3.05. The van der Waals surface area contributed by atoms with Crippen LogP contribution < -0.4 is 11.1 Å². The minimum absolute atomic E-state index is 0.134. The molecule has 0 saturated heterocycles. The van der Waals surface area contributed by atoms with Crippen LogP contribution in [-0.2, 0) is 16.1 Å². The van der Waals surface area contributed by atoms with Crippen LogP contribution in [0.15, 0.2) is 42.5 Å². The molecule has 3 atom stereocenters. The van der Waals surface area contributed by atoms with Crippen LogP contribution in [0.3, 0.4) is 0 Å². The largest absolute Gasteiger partial charge is 0.445 e. The van der Waals surface area contributed by atoms with E-state index in [0.717, 1.165) is 5.56 Å². The molecule has 2 amide bonds. The van der Waals surface area contributed by atoms with Crippen LogP contribution in [0.5, 0.6) is 0 Å². The van der Waals surface area contributed by atoms with Crippen LogP contribution in [-0.4, -0.2) is 53.3 Å². The second-order valence-electron chi connectivity index (χ2n) is 7.57. The first kappa shape index (κ1) is 21.9. The smallest absolute Gasteiger partial charge is 0.408 e. The molecule has 2 rings (SSSR count). The Morgan fingerprint density at radius 1 is 1.29 bits per heavy atom. The average molecular weight is 389 g/mol. The van der Waals surface area contributed by atoms with Crippen LogP contribution in [0.1, 0.15) is 32.3 Å². The second-order valence-corrected chi connectivity index (χ2v) is 7.57. The molecule has 0 radical (unpaired) electrons. The predicted molar refractivity (Wildman–Crippen MR) is 107 cm³/mol. The van der Waals surface area contributed by atoms with E-state index in [9.17, 15) is 14.7 Å². The van der Waals surface area contributed by atoms with E-state index in [1.54, 1.807) is 0 Å². The van der Waals surface area contributed by atoms with Crippen molar-refractivity contribution in [1.29, 1.82) is 0 Å².